The van der Waals surface area contributed by atoms with Crippen LogP contribution in [0.4, 0.5) is 13.2 Å². The molecule has 31 heavy (non-hydrogen) atoms. The van der Waals surface area contributed by atoms with Gasteiger partial charge in [0.1, 0.15) is 17.4 Å². The number of amides is 1. The number of hydrogen-bond donors (Lipinski definition) is 0. The molecular weight excluding hydrogens is 411 g/mol. The Kier molecular flexibility index (Phi) is 6.07. The molecule has 1 atom stereocenters. The molecule has 2 aromatic carbocycles. The Morgan fingerprint density at radius 2 is 1.77 bits per heavy atom. The maximum atomic E-state index is 13.1. The summed E-state index contributed by atoms with van der Waals surface area (Å²) in [5.74, 6) is -0.975. The van der Waals surface area contributed by atoms with E-state index >= 15 is 0 Å². The highest BCUT2D eigenvalue weighted by atomic mass is 19.4. The van der Waals surface area contributed by atoms with Gasteiger partial charge in [-0.2, -0.15) is 23.7 Å². The van der Waals surface area contributed by atoms with E-state index in [0.29, 0.717) is 18.7 Å². The molecule has 1 heterocycles. The third-order valence-corrected chi connectivity index (χ3v) is 5.10. The normalized spacial score (nSPS) is 14.7. The number of nitrogens with zero attached hydrogens (tertiary/aromatic N) is 3. The number of benzene rings is 2. The average molecular weight is 429 g/mol. The van der Waals surface area contributed by atoms with Gasteiger partial charge in [-0.1, -0.05) is 12.1 Å². The minimum absolute atomic E-state index is 0.0158. The summed E-state index contributed by atoms with van der Waals surface area (Å²) in [6.07, 6.45) is -6.78. The van der Waals surface area contributed by atoms with Crippen LogP contribution in [-0.2, 0) is 0 Å². The highest BCUT2D eigenvalue weighted by Crippen LogP contribution is 2.38. The fourth-order valence-electron chi connectivity index (χ4n) is 3.27. The second kappa shape index (κ2) is 8.57. The van der Waals surface area contributed by atoms with E-state index in [4.69, 9.17) is 14.7 Å². The summed E-state index contributed by atoms with van der Waals surface area (Å²) in [4.78, 5) is 14.6. The van der Waals surface area contributed by atoms with Crippen LogP contribution in [0.25, 0.3) is 0 Å². The van der Waals surface area contributed by atoms with Crippen molar-refractivity contribution in [2.45, 2.75) is 25.1 Å². The summed E-state index contributed by atoms with van der Waals surface area (Å²) in [6, 6.07) is 13.3. The lowest BCUT2D eigenvalue weighted by molar-refractivity contribution is -0.189. The smallest absolute Gasteiger partial charge is 0.425 e. The van der Waals surface area contributed by atoms with Crippen LogP contribution in [0.5, 0.6) is 11.5 Å². The average Bonchev–Trinajstić information content (AvgIpc) is 2.71. The standard InChI is InChI=1S/C22H18F3N3O3/c1-13(22(23,24)25)31-18-8-7-16(10-27)20(30-2)19(18)21(29)28-11-17(12-28)15-5-3-14(9-26)4-6-15/h3-8,13,17H,11-12H2,1-2H3. The molecule has 1 amide bonds. The number of carbonyl (C=O) groups is 1. The van der Waals surface area contributed by atoms with Crippen LogP contribution >= 0.6 is 0 Å². The van der Waals surface area contributed by atoms with Gasteiger partial charge in [0.05, 0.1) is 24.3 Å². The summed E-state index contributed by atoms with van der Waals surface area (Å²) in [7, 11) is 1.24. The molecular formula is C22H18F3N3O3. The molecule has 1 fully saturated rings. The third-order valence-electron chi connectivity index (χ3n) is 5.10. The van der Waals surface area contributed by atoms with Gasteiger partial charge in [-0.15, -0.1) is 0 Å². The predicted octanol–water partition coefficient (Wildman–Crippen LogP) is 4.01. The molecule has 0 radical (unpaired) electrons. The Balaban J connectivity index is 1.87. The third kappa shape index (κ3) is 4.41. The maximum Gasteiger partial charge on any atom is 0.425 e. The Morgan fingerprint density at radius 1 is 1.13 bits per heavy atom. The topological polar surface area (TPSA) is 86.3 Å². The summed E-state index contributed by atoms with van der Waals surface area (Å²) in [5.41, 5.74) is 1.27. The van der Waals surface area contributed by atoms with Crippen molar-refractivity contribution in [2.75, 3.05) is 20.2 Å². The molecule has 0 saturated carbocycles. The number of hydrogen-bond acceptors (Lipinski definition) is 5. The van der Waals surface area contributed by atoms with E-state index in [1.54, 1.807) is 12.1 Å². The quantitative estimate of drug-likeness (QED) is 0.717. The zero-order valence-electron chi connectivity index (χ0n) is 16.7. The molecule has 0 aliphatic carbocycles. The number of ether oxygens (including phenoxy) is 2. The van der Waals surface area contributed by atoms with Gasteiger partial charge in [0.2, 0.25) is 0 Å². The molecule has 3 rings (SSSR count). The molecule has 0 bridgehead atoms. The van der Waals surface area contributed by atoms with Crippen molar-refractivity contribution in [1.82, 2.24) is 4.90 Å². The lowest BCUT2D eigenvalue weighted by Gasteiger charge is -2.40. The fourth-order valence-corrected chi connectivity index (χ4v) is 3.27. The van der Waals surface area contributed by atoms with Crippen LogP contribution in [0.1, 0.15) is 39.9 Å². The second-order valence-electron chi connectivity index (χ2n) is 7.07. The molecule has 1 aliphatic rings. The fraction of sp³-hybridized carbons (Fsp3) is 0.318. The van der Waals surface area contributed by atoms with Crippen molar-refractivity contribution in [3.8, 4) is 23.6 Å². The Morgan fingerprint density at radius 3 is 2.29 bits per heavy atom. The molecule has 1 saturated heterocycles. The molecule has 1 unspecified atom stereocenters. The van der Waals surface area contributed by atoms with Crippen LogP contribution in [0, 0.1) is 22.7 Å². The molecule has 2 aromatic rings. The van der Waals surface area contributed by atoms with Crippen molar-refractivity contribution < 1.29 is 27.4 Å². The minimum Gasteiger partial charge on any atom is -0.494 e. The van der Waals surface area contributed by atoms with E-state index in [1.807, 2.05) is 24.3 Å². The monoisotopic (exact) mass is 429 g/mol. The van der Waals surface area contributed by atoms with Crippen molar-refractivity contribution in [1.29, 1.82) is 10.5 Å². The molecule has 0 N–H and O–H groups in total. The Hall–Kier alpha value is -3.72. The van der Waals surface area contributed by atoms with E-state index in [0.717, 1.165) is 12.5 Å². The number of methoxy groups -OCH3 is 1. The first-order valence-corrected chi connectivity index (χ1v) is 9.33. The first kappa shape index (κ1) is 22.0. The molecule has 9 heteroatoms. The zero-order valence-corrected chi connectivity index (χ0v) is 16.7. The van der Waals surface area contributed by atoms with Gasteiger partial charge >= 0.3 is 6.18 Å². The summed E-state index contributed by atoms with van der Waals surface area (Å²) < 4.78 is 49.2. The number of rotatable bonds is 5. The molecule has 6 nitrogen and oxygen atoms in total. The lowest BCUT2D eigenvalue weighted by Crippen LogP contribution is -2.48. The zero-order chi connectivity index (χ0) is 22.8. The largest absolute Gasteiger partial charge is 0.494 e. The number of halogens is 3. The van der Waals surface area contributed by atoms with E-state index in [-0.39, 0.29) is 28.5 Å². The van der Waals surface area contributed by atoms with Crippen LogP contribution in [-0.4, -0.2) is 43.3 Å². The number of carbonyl (C=O) groups excluding carboxylic acids is 1. The summed E-state index contributed by atoms with van der Waals surface area (Å²) >= 11 is 0. The predicted molar refractivity (Wildman–Crippen MR) is 104 cm³/mol. The van der Waals surface area contributed by atoms with Crippen LogP contribution < -0.4 is 9.47 Å². The minimum atomic E-state index is -4.63. The van der Waals surface area contributed by atoms with Gasteiger partial charge in [-0.25, -0.2) is 0 Å². The van der Waals surface area contributed by atoms with Gasteiger partial charge in [0, 0.05) is 19.0 Å². The van der Waals surface area contributed by atoms with Crippen molar-refractivity contribution in [3.63, 3.8) is 0 Å². The lowest BCUT2D eigenvalue weighted by atomic mass is 9.90. The number of alkyl halides is 3. The van der Waals surface area contributed by atoms with Gasteiger partial charge in [-0.05, 0) is 36.8 Å². The van der Waals surface area contributed by atoms with Crippen molar-refractivity contribution in [3.05, 3.63) is 58.7 Å². The SMILES string of the molecule is COc1c(C#N)ccc(OC(C)C(F)(F)F)c1C(=O)N1CC(c2ccc(C#N)cc2)C1. The van der Waals surface area contributed by atoms with E-state index in [9.17, 15) is 23.2 Å². The van der Waals surface area contributed by atoms with Crippen molar-refractivity contribution >= 4 is 5.91 Å². The molecule has 1 aliphatic heterocycles. The number of likely N-dealkylation sites (tertiary alicyclic amines) is 1. The molecule has 0 aromatic heterocycles. The first-order chi connectivity index (χ1) is 14.7. The Labute approximate surface area is 177 Å². The van der Waals surface area contributed by atoms with Crippen LogP contribution in [0.15, 0.2) is 36.4 Å². The van der Waals surface area contributed by atoms with Crippen LogP contribution in [0.3, 0.4) is 0 Å². The van der Waals surface area contributed by atoms with Gasteiger partial charge in [-0.3, -0.25) is 4.79 Å². The molecule has 160 valence electrons. The summed E-state index contributed by atoms with van der Waals surface area (Å²) in [5, 5.41) is 18.2. The summed E-state index contributed by atoms with van der Waals surface area (Å²) in [6.45, 7) is 1.50. The van der Waals surface area contributed by atoms with E-state index < -0.39 is 18.2 Å². The van der Waals surface area contributed by atoms with E-state index in [2.05, 4.69) is 0 Å². The van der Waals surface area contributed by atoms with Crippen LogP contribution in [0.2, 0.25) is 0 Å². The maximum absolute atomic E-state index is 13.1. The second-order valence-corrected chi connectivity index (χ2v) is 7.07. The Bertz CT molecular complexity index is 1060. The van der Waals surface area contributed by atoms with Crippen molar-refractivity contribution in [2.24, 2.45) is 0 Å². The first-order valence-electron chi connectivity index (χ1n) is 9.33. The number of nitriles is 2. The molecule has 0 spiro atoms. The van der Waals surface area contributed by atoms with Gasteiger partial charge < -0.3 is 14.4 Å². The van der Waals surface area contributed by atoms with Gasteiger partial charge in [0.25, 0.3) is 5.91 Å². The highest BCUT2D eigenvalue weighted by molar-refractivity contribution is 6.01. The highest BCUT2D eigenvalue weighted by Gasteiger charge is 2.40. The van der Waals surface area contributed by atoms with Gasteiger partial charge in [0.15, 0.2) is 11.9 Å². The van der Waals surface area contributed by atoms with E-state index in [1.165, 1.54) is 24.1 Å².